The van der Waals surface area contributed by atoms with E-state index in [1.54, 1.807) is 24.3 Å². The van der Waals surface area contributed by atoms with Crippen molar-refractivity contribution in [3.05, 3.63) is 58.7 Å². The average molecular weight is 353 g/mol. The largest absolute Gasteiger partial charge is 0.366 e. The molecule has 0 unspecified atom stereocenters. The summed E-state index contributed by atoms with van der Waals surface area (Å²) in [6, 6.07) is 7.19. The summed E-state index contributed by atoms with van der Waals surface area (Å²) in [4.78, 5) is 30.3. The van der Waals surface area contributed by atoms with Gasteiger partial charge < -0.3 is 4.84 Å². The third-order valence-corrected chi connectivity index (χ3v) is 4.29. The molecule has 0 aromatic heterocycles. The maximum Gasteiger partial charge on any atom is 0.366 e. The Bertz CT molecular complexity index is 792. The lowest BCUT2D eigenvalue weighted by molar-refractivity contribution is -0.114. The van der Waals surface area contributed by atoms with Gasteiger partial charge in [0.15, 0.2) is 5.78 Å². The topological polar surface area (TPSA) is 55.7 Å². The minimum Gasteiger partial charge on any atom is -0.312 e. The zero-order chi connectivity index (χ0) is 19.7. The van der Waals surface area contributed by atoms with Crippen LogP contribution in [-0.2, 0) is 9.63 Å². The van der Waals surface area contributed by atoms with Crippen LogP contribution in [0.4, 0.5) is 0 Å². The fourth-order valence-corrected chi connectivity index (χ4v) is 2.73. The van der Waals surface area contributed by atoms with Gasteiger partial charge in [-0.15, -0.1) is 0 Å². The molecule has 1 aromatic rings. The van der Waals surface area contributed by atoms with Crippen LogP contribution in [0.1, 0.15) is 57.5 Å². The number of aryl methyl sites for hydroxylation is 1. The van der Waals surface area contributed by atoms with Gasteiger partial charge in [-0.25, -0.2) is 4.79 Å². The van der Waals surface area contributed by atoms with Crippen LogP contribution in [0, 0.1) is 17.8 Å². The third kappa shape index (κ3) is 4.37. The summed E-state index contributed by atoms with van der Waals surface area (Å²) in [5.41, 5.74) is 2.44. The summed E-state index contributed by atoms with van der Waals surface area (Å²) in [5, 5.41) is 4.02. The number of hydrogen-bond acceptors (Lipinski definition) is 4. The van der Waals surface area contributed by atoms with Crippen LogP contribution in [0.5, 0.6) is 0 Å². The zero-order valence-electron chi connectivity index (χ0n) is 16.6. The second kappa shape index (κ2) is 7.02. The Hall–Kier alpha value is -2.49. The van der Waals surface area contributed by atoms with Crippen LogP contribution in [0.15, 0.2) is 52.7 Å². The van der Waals surface area contributed by atoms with E-state index in [1.165, 1.54) is 0 Å². The van der Waals surface area contributed by atoms with Gasteiger partial charge in [-0.2, -0.15) is 0 Å². The Labute approximate surface area is 155 Å². The summed E-state index contributed by atoms with van der Waals surface area (Å²) < 4.78 is 0. The first-order valence-electron chi connectivity index (χ1n) is 8.75. The minimum absolute atomic E-state index is 0.0224. The van der Waals surface area contributed by atoms with Crippen molar-refractivity contribution in [1.82, 2.24) is 0 Å². The highest BCUT2D eigenvalue weighted by atomic mass is 16.7. The quantitative estimate of drug-likeness (QED) is 0.425. The Kier molecular flexibility index (Phi) is 5.36. The van der Waals surface area contributed by atoms with Crippen LogP contribution >= 0.6 is 0 Å². The molecule has 1 aliphatic rings. The van der Waals surface area contributed by atoms with Crippen LogP contribution in [0.25, 0.3) is 0 Å². The van der Waals surface area contributed by atoms with E-state index in [0.29, 0.717) is 22.4 Å². The van der Waals surface area contributed by atoms with Gasteiger partial charge in [0.25, 0.3) is 0 Å². The summed E-state index contributed by atoms with van der Waals surface area (Å²) >= 11 is 0. The number of allylic oxidation sites excluding steroid dienone is 4. The van der Waals surface area contributed by atoms with E-state index in [-0.39, 0.29) is 16.6 Å². The van der Waals surface area contributed by atoms with Gasteiger partial charge in [0.2, 0.25) is 0 Å². The van der Waals surface area contributed by atoms with E-state index in [1.807, 2.05) is 60.6 Å². The highest BCUT2D eigenvalue weighted by Gasteiger charge is 2.34. The highest BCUT2D eigenvalue weighted by Crippen LogP contribution is 2.37. The van der Waals surface area contributed by atoms with Crippen LogP contribution in [-0.4, -0.2) is 17.5 Å². The first-order chi connectivity index (χ1) is 11.9. The predicted molar refractivity (Wildman–Crippen MR) is 104 cm³/mol. The van der Waals surface area contributed by atoms with Crippen LogP contribution in [0.2, 0.25) is 0 Å². The molecule has 2 rings (SSSR count). The van der Waals surface area contributed by atoms with Gasteiger partial charge in [-0.05, 0) is 41.5 Å². The van der Waals surface area contributed by atoms with Gasteiger partial charge in [0, 0.05) is 11.1 Å². The monoisotopic (exact) mass is 353 g/mol. The van der Waals surface area contributed by atoms with Crippen molar-refractivity contribution in [2.24, 2.45) is 16.0 Å². The standard InChI is InChI=1S/C22H27NO3/c1-14-10-8-9-11-16(14)20(25)26-23-15-12-17(21(2,3)4)19(24)18(13-15)22(5,6)7/h8-13H,1-7H3. The molecule has 0 saturated carbocycles. The Morgan fingerprint density at radius 1 is 0.923 bits per heavy atom. The fourth-order valence-electron chi connectivity index (χ4n) is 2.73. The van der Waals surface area contributed by atoms with Crippen molar-refractivity contribution in [1.29, 1.82) is 0 Å². The summed E-state index contributed by atoms with van der Waals surface area (Å²) in [6.07, 6.45) is 3.42. The molecular weight excluding hydrogens is 326 g/mol. The number of Topliss-reactive ketones (excluding diaryl/α,β-unsaturated/α-hetero) is 1. The number of hydrogen-bond donors (Lipinski definition) is 0. The Morgan fingerprint density at radius 2 is 1.42 bits per heavy atom. The molecule has 0 spiro atoms. The number of oxime groups is 1. The number of rotatable bonds is 2. The number of benzene rings is 1. The smallest absolute Gasteiger partial charge is 0.312 e. The first-order valence-corrected chi connectivity index (χ1v) is 8.75. The van der Waals surface area contributed by atoms with E-state index in [4.69, 9.17) is 4.84 Å². The number of carbonyl (C=O) groups excluding carboxylic acids is 2. The molecule has 4 nitrogen and oxygen atoms in total. The van der Waals surface area contributed by atoms with E-state index in [2.05, 4.69) is 5.16 Å². The molecule has 0 atom stereocenters. The van der Waals surface area contributed by atoms with E-state index in [0.717, 1.165) is 5.56 Å². The number of carbonyl (C=O) groups is 2. The molecule has 0 saturated heterocycles. The SMILES string of the molecule is Cc1ccccc1C(=O)ON=C1C=C(C(C)(C)C)C(=O)C(C(C)(C)C)=C1. The normalized spacial score (nSPS) is 15.3. The second-order valence-electron chi connectivity index (χ2n) is 8.65. The molecule has 26 heavy (non-hydrogen) atoms. The lowest BCUT2D eigenvalue weighted by Gasteiger charge is -2.30. The van der Waals surface area contributed by atoms with Gasteiger partial charge in [-0.3, -0.25) is 4.79 Å². The van der Waals surface area contributed by atoms with Crippen molar-refractivity contribution >= 4 is 17.5 Å². The lowest BCUT2D eigenvalue weighted by Crippen LogP contribution is -2.29. The van der Waals surface area contributed by atoms with Crippen LogP contribution in [0.3, 0.4) is 0 Å². The Morgan fingerprint density at radius 3 is 1.88 bits per heavy atom. The predicted octanol–water partition coefficient (Wildman–Crippen LogP) is 5.04. The highest BCUT2D eigenvalue weighted by molar-refractivity contribution is 6.22. The first kappa shape index (κ1) is 19.8. The second-order valence-corrected chi connectivity index (χ2v) is 8.65. The number of ketones is 1. The van der Waals surface area contributed by atoms with Gasteiger partial charge in [0.1, 0.15) is 5.71 Å². The van der Waals surface area contributed by atoms with Gasteiger partial charge in [0.05, 0.1) is 5.56 Å². The van der Waals surface area contributed by atoms with Crippen molar-refractivity contribution < 1.29 is 14.4 Å². The summed E-state index contributed by atoms with van der Waals surface area (Å²) in [5.74, 6) is -0.488. The van der Waals surface area contributed by atoms with Gasteiger partial charge in [-0.1, -0.05) is 64.9 Å². The molecule has 138 valence electrons. The fraction of sp³-hybridized carbons (Fsp3) is 0.409. The maximum atomic E-state index is 12.9. The molecule has 0 fully saturated rings. The molecule has 1 aliphatic carbocycles. The van der Waals surface area contributed by atoms with Crippen LogP contribution < -0.4 is 0 Å². The summed E-state index contributed by atoms with van der Waals surface area (Å²) in [7, 11) is 0. The van der Waals surface area contributed by atoms with Crippen molar-refractivity contribution in [2.45, 2.75) is 48.5 Å². The third-order valence-electron chi connectivity index (χ3n) is 4.29. The average Bonchev–Trinajstić information content (AvgIpc) is 2.51. The molecule has 0 heterocycles. The molecular formula is C22H27NO3. The lowest BCUT2D eigenvalue weighted by atomic mass is 9.72. The van der Waals surface area contributed by atoms with Crippen molar-refractivity contribution in [3.63, 3.8) is 0 Å². The van der Waals surface area contributed by atoms with Crippen molar-refractivity contribution in [3.8, 4) is 0 Å². The molecule has 0 bridgehead atoms. The molecule has 1 aromatic carbocycles. The van der Waals surface area contributed by atoms with Crippen molar-refractivity contribution in [2.75, 3.05) is 0 Å². The number of nitrogens with zero attached hydrogens (tertiary/aromatic N) is 1. The molecule has 4 heteroatoms. The van der Waals surface area contributed by atoms with Gasteiger partial charge >= 0.3 is 5.97 Å². The molecule has 0 amide bonds. The molecule has 0 aliphatic heterocycles. The van der Waals surface area contributed by atoms with E-state index >= 15 is 0 Å². The minimum atomic E-state index is -0.510. The zero-order valence-corrected chi connectivity index (χ0v) is 16.6. The molecule has 0 radical (unpaired) electrons. The Balaban J connectivity index is 2.39. The maximum absolute atomic E-state index is 12.9. The van der Waals surface area contributed by atoms with E-state index in [9.17, 15) is 9.59 Å². The molecule has 0 N–H and O–H groups in total. The summed E-state index contributed by atoms with van der Waals surface area (Å²) in [6.45, 7) is 13.8. The van der Waals surface area contributed by atoms with E-state index < -0.39 is 5.97 Å².